The summed E-state index contributed by atoms with van der Waals surface area (Å²) in [6, 6.07) is 8.34. The number of halogens is 1. The fraction of sp³-hybridized carbons (Fsp3) is 0.533. The molecule has 1 aromatic carbocycles. The Morgan fingerprint density at radius 2 is 2.21 bits per heavy atom. The molecular weight excluding hydrogens is 306 g/mol. The molecule has 1 saturated carbocycles. The van der Waals surface area contributed by atoms with Crippen LogP contribution in [0.15, 0.2) is 28.7 Å². The van der Waals surface area contributed by atoms with Gasteiger partial charge in [-0.05, 0) is 43.9 Å². The topological polar surface area (TPSA) is 38.3 Å². The molecular formula is C15H20BrNO2. The van der Waals surface area contributed by atoms with E-state index in [1.165, 1.54) is 0 Å². The molecule has 1 atom stereocenters. The highest BCUT2D eigenvalue weighted by molar-refractivity contribution is 9.10. The fourth-order valence-corrected chi connectivity index (χ4v) is 2.69. The summed E-state index contributed by atoms with van der Waals surface area (Å²) in [6.07, 6.45) is 2.95. The van der Waals surface area contributed by atoms with Crippen LogP contribution in [0.25, 0.3) is 0 Å². The molecule has 1 unspecified atom stereocenters. The molecule has 4 heteroatoms. The van der Waals surface area contributed by atoms with Crippen molar-refractivity contribution in [3.8, 4) is 0 Å². The molecule has 19 heavy (non-hydrogen) atoms. The molecule has 0 radical (unpaired) electrons. The molecule has 0 spiro atoms. The zero-order valence-corrected chi connectivity index (χ0v) is 13.0. The van der Waals surface area contributed by atoms with Gasteiger partial charge in [-0.25, -0.2) is 4.79 Å². The Balaban J connectivity index is 2.38. The van der Waals surface area contributed by atoms with Crippen LogP contribution in [0, 0.1) is 0 Å². The highest BCUT2D eigenvalue weighted by Gasteiger charge is 2.43. The van der Waals surface area contributed by atoms with Crippen molar-refractivity contribution in [2.24, 2.45) is 0 Å². The minimum atomic E-state index is -0.721. The number of benzene rings is 1. The summed E-state index contributed by atoms with van der Waals surface area (Å²) in [5, 5.41) is 3.49. The molecule has 0 saturated heterocycles. The van der Waals surface area contributed by atoms with Crippen molar-refractivity contribution < 1.29 is 9.53 Å². The van der Waals surface area contributed by atoms with Gasteiger partial charge in [0, 0.05) is 10.5 Å². The average Bonchev–Trinajstić information content (AvgIpc) is 3.20. The lowest BCUT2D eigenvalue weighted by atomic mass is 9.87. The van der Waals surface area contributed by atoms with Gasteiger partial charge in [-0.2, -0.15) is 0 Å². The number of carbonyl (C=O) groups excluding carboxylic acids is 1. The van der Waals surface area contributed by atoms with Crippen LogP contribution in [0.4, 0.5) is 0 Å². The smallest absolute Gasteiger partial charge is 0.330 e. The van der Waals surface area contributed by atoms with Crippen LogP contribution in [-0.2, 0) is 15.1 Å². The highest BCUT2D eigenvalue weighted by Crippen LogP contribution is 2.33. The number of hydrogen-bond donors (Lipinski definition) is 1. The first-order valence-electron chi connectivity index (χ1n) is 6.83. The summed E-state index contributed by atoms with van der Waals surface area (Å²) >= 11 is 3.47. The molecule has 0 bridgehead atoms. The van der Waals surface area contributed by atoms with Gasteiger partial charge in [-0.1, -0.05) is 35.0 Å². The lowest BCUT2D eigenvalue weighted by Gasteiger charge is -2.32. The minimum Gasteiger partial charge on any atom is -0.464 e. The van der Waals surface area contributed by atoms with E-state index in [-0.39, 0.29) is 5.97 Å². The Morgan fingerprint density at radius 1 is 1.47 bits per heavy atom. The number of carbonyl (C=O) groups is 1. The standard InChI is InChI=1S/C15H20BrNO2/c1-3-15(14(18)19-4-2,17-13-8-9-13)11-6-5-7-12(16)10-11/h5-7,10,13,17H,3-4,8-9H2,1-2H3. The predicted octanol–water partition coefficient (Wildman–Crippen LogP) is 3.37. The third-order valence-corrected chi connectivity index (χ3v) is 3.99. The first-order valence-corrected chi connectivity index (χ1v) is 7.62. The van der Waals surface area contributed by atoms with Crippen LogP contribution in [0.5, 0.6) is 0 Å². The molecule has 2 rings (SSSR count). The van der Waals surface area contributed by atoms with Crippen molar-refractivity contribution in [1.29, 1.82) is 0 Å². The quantitative estimate of drug-likeness (QED) is 0.815. The number of nitrogens with one attached hydrogen (secondary N) is 1. The monoisotopic (exact) mass is 325 g/mol. The maximum Gasteiger partial charge on any atom is 0.330 e. The molecule has 0 aliphatic heterocycles. The van der Waals surface area contributed by atoms with E-state index < -0.39 is 5.54 Å². The van der Waals surface area contributed by atoms with E-state index in [0.29, 0.717) is 19.1 Å². The van der Waals surface area contributed by atoms with Gasteiger partial charge in [0.1, 0.15) is 5.54 Å². The molecule has 1 aliphatic carbocycles. The van der Waals surface area contributed by atoms with Crippen molar-refractivity contribution in [2.75, 3.05) is 6.61 Å². The lowest BCUT2D eigenvalue weighted by molar-refractivity contribution is -0.152. The second-order valence-electron chi connectivity index (χ2n) is 4.91. The summed E-state index contributed by atoms with van der Waals surface area (Å²) in [5.41, 5.74) is 0.246. The van der Waals surface area contributed by atoms with Crippen molar-refractivity contribution in [3.63, 3.8) is 0 Å². The first kappa shape index (κ1) is 14.5. The summed E-state index contributed by atoms with van der Waals surface area (Å²) in [4.78, 5) is 12.5. The predicted molar refractivity (Wildman–Crippen MR) is 78.9 cm³/mol. The van der Waals surface area contributed by atoms with Crippen molar-refractivity contribution in [3.05, 3.63) is 34.3 Å². The molecule has 104 valence electrons. The first-order chi connectivity index (χ1) is 9.12. The average molecular weight is 326 g/mol. The lowest BCUT2D eigenvalue weighted by Crippen LogP contribution is -2.50. The Labute approximate surface area is 122 Å². The molecule has 0 amide bonds. The summed E-state index contributed by atoms with van der Waals surface area (Å²) < 4.78 is 6.28. The Kier molecular flexibility index (Phi) is 4.63. The summed E-state index contributed by atoms with van der Waals surface area (Å²) in [7, 11) is 0. The molecule has 1 aliphatic rings. The van der Waals surface area contributed by atoms with Gasteiger partial charge >= 0.3 is 5.97 Å². The highest BCUT2D eigenvalue weighted by atomic mass is 79.9. The minimum absolute atomic E-state index is 0.178. The molecule has 0 heterocycles. The molecule has 3 nitrogen and oxygen atoms in total. The van der Waals surface area contributed by atoms with E-state index in [4.69, 9.17) is 4.74 Å². The summed E-state index contributed by atoms with van der Waals surface area (Å²) in [6.45, 7) is 4.27. The van der Waals surface area contributed by atoms with Gasteiger partial charge in [0.05, 0.1) is 6.61 Å². The van der Waals surface area contributed by atoms with Gasteiger partial charge in [0.15, 0.2) is 0 Å². The number of esters is 1. The van der Waals surface area contributed by atoms with E-state index in [9.17, 15) is 4.79 Å². The van der Waals surface area contributed by atoms with Crippen molar-refractivity contribution in [2.45, 2.75) is 44.7 Å². The molecule has 0 aromatic heterocycles. The van der Waals surface area contributed by atoms with Crippen LogP contribution in [0.3, 0.4) is 0 Å². The SMILES string of the molecule is CCOC(=O)C(CC)(NC1CC1)c1cccc(Br)c1. The normalized spacial score (nSPS) is 17.8. The zero-order valence-electron chi connectivity index (χ0n) is 11.4. The Hall–Kier alpha value is -0.870. The van der Waals surface area contributed by atoms with Crippen LogP contribution < -0.4 is 5.32 Å². The van der Waals surface area contributed by atoms with Gasteiger partial charge in [-0.3, -0.25) is 5.32 Å². The van der Waals surface area contributed by atoms with E-state index in [1.807, 2.05) is 38.1 Å². The Morgan fingerprint density at radius 3 is 2.74 bits per heavy atom. The van der Waals surface area contributed by atoms with Crippen molar-refractivity contribution in [1.82, 2.24) is 5.32 Å². The number of ether oxygens (including phenoxy) is 1. The second-order valence-corrected chi connectivity index (χ2v) is 5.82. The fourth-order valence-electron chi connectivity index (χ4n) is 2.30. The third kappa shape index (κ3) is 3.18. The number of rotatable bonds is 6. The zero-order chi connectivity index (χ0) is 13.9. The van der Waals surface area contributed by atoms with E-state index in [2.05, 4.69) is 21.2 Å². The third-order valence-electron chi connectivity index (χ3n) is 3.50. The molecule has 1 aromatic rings. The summed E-state index contributed by atoms with van der Waals surface area (Å²) in [5.74, 6) is -0.178. The van der Waals surface area contributed by atoms with Crippen LogP contribution in [0.1, 0.15) is 38.7 Å². The molecule has 1 N–H and O–H groups in total. The van der Waals surface area contributed by atoms with E-state index in [1.54, 1.807) is 0 Å². The van der Waals surface area contributed by atoms with E-state index >= 15 is 0 Å². The van der Waals surface area contributed by atoms with Gasteiger partial charge in [0.25, 0.3) is 0 Å². The van der Waals surface area contributed by atoms with Crippen LogP contribution in [0.2, 0.25) is 0 Å². The van der Waals surface area contributed by atoms with Crippen molar-refractivity contribution >= 4 is 21.9 Å². The maximum atomic E-state index is 12.5. The van der Waals surface area contributed by atoms with E-state index in [0.717, 1.165) is 22.9 Å². The second kappa shape index (κ2) is 6.06. The largest absolute Gasteiger partial charge is 0.464 e. The van der Waals surface area contributed by atoms with Gasteiger partial charge < -0.3 is 4.74 Å². The Bertz CT molecular complexity index is 459. The van der Waals surface area contributed by atoms with Gasteiger partial charge in [0.2, 0.25) is 0 Å². The van der Waals surface area contributed by atoms with Crippen LogP contribution >= 0.6 is 15.9 Å². The number of hydrogen-bond acceptors (Lipinski definition) is 3. The van der Waals surface area contributed by atoms with Gasteiger partial charge in [-0.15, -0.1) is 0 Å². The van der Waals surface area contributed by atoms with Crippen LogP contribution in [-0.4, -0.2) is 18.6 Å². The molecule has 1 fully saturated rings. The maximum absolute atomic E-state index is 12.5.